The Kier molecular flexibility index (Phi) is 5.42. The minimum Gasteiger partial charge on any atom is -0.348 e. The van der Waals surface area contributed by atoms with Crippen molar-refractivity contribution in [1.82, 2.24) is 15.0 Å². The zero-order valence-corrected chi connectivity index (χ0v) is 16.5. The summed E-state index contributed by atoms with van der Waals surface area (Å²) in [4.78, 5) is 27.5. The van der Waals surface area contributed by atoms with Crippen molar-refractivity contribution in [1.29, 1.82) is 0 Å². The molecule has 0 aliphatic carbocycles. The fraction of sp³-hybridized carbons (Fsp3) is 0.294. The van der Waals surface area contributed by atoms with Crippen molar-refractivity contribution in [3.63, 3.8) is 0 Å². The van der Waals surface area contributed by atoms with E-state index < -0.39 is 5.82 Å². The van der Waals surface area contributed by atoms with Gasteiger partial charge in [-0.05, 0) is 31.0 Å². The van der Waals surface area contributed by atoms with E-state index in [1.807, 2.05) is 0 Å². The first-order valence-corrected chi connectivity index (χ1v) is 10.5. The normalized spacial score (nSPS) is 14.1. The number of rotatable bonds is 5. The average molecular weight is 424 g/mol. The van der Waals surface area contributed by atoms with Gasteiger partial charge in [0.25, 0.3) is 0 Å². The fourth-order valence-electron chi connectivity index (χ4n) is 2.78. The molecule has 1 fully saturated rings. The highest BCUT2D eigenvalue weighted by molar-refractivity contribution is 8.00. The molecule has 140 valence electrons. The first-order valence-electron chi connectivity index (χ1n) is 8.34. The minimum absolute atomic E-state index is 0.102. The number of benzene rings is 1. The monoisotopic (exact) mass is 423 g/mol. The Labute approximate surface area is 168 Å². The van der Waals surface area contributed by atoms with Gasteiger partial charge >= 0.3 is 0 Å². The molecule has 0 bridgehead atoms. The molecule has 1 aromatic carbocycles. The molecule has 1 saturated heterocycles. The number of hydrogen-bond acceptors (Lipinski definition) is 7. The average Bonchev–Trinajstić information content (AvgIpc) is 3.31. The van der Waals surface area contributed by atoms with Crippen LogP contribution in [0.1, 0.15) is 12.8 Å². The van der Waals surface area contributed by atoms with E-state index in [4.69, 9.17) is 11.6 Å². The number of hydrogen-bond donors (Lipinski definition) is 1. The smallest absolute Gasteiger partial charge is 0.234 e. The first-order chi connectivity index (χ1) is 13.1. The van der Waals surface area contributed by atoms with Crippen molar-refractivity contribution in [2.24, 2.45) is 0 Å². The number of halogens is 2. The molecule has 1 aliphatic rings. The van der Waals surface area contributed by atoms with Crippen molar-refractivity contribution in [2.45, 2.75) is 17.9 Å². The van der Waals surface area contributed by atoms with Crippen LogP contribution in [0.4, 0.5) is 15.2 Å². The Morgan fingerprint density at radius 1 is 1.33 bits per heavy atom. The Hall–Kier alpha value is -1.97. The summed E-state index contributed by atoms with van der Waals surface area (Å²) in [5.74, 6) is -0.786. The third-order valence-electron chi connectivity index (χ3n) is 4.07. The van der Waals surface area contributed by atoms with Crippen LogP contribution in [0.2, 0.25) is 5.02 Å². The van der Waals surface area contributed by atoms with Gasteiger partial charge in [-0.25, -0.2) is 14.4 Å². The van der Waals surface area contributed by atoms with E-state index in [2.05, 4.69) is 25.2 Å². The maximum Gasteiger partial charge on any atom is 0.234 e. The van der Waals surface area contributed by atoms with Crippen molar-refractivity contribution < 1.29 is 9.18 Å². The van der Waals surface area contributed by atoms with Crippen molar-refractivity contribution in [3.8, 4) is 0 Å². The lowest BCUT2D eigenvalue weighted by molar-refractivity contribution is -0.113. The van der Waals surface area contributed by atoms with Gasteiger partial charge < -0.3 is 10.2 Å². The maximum absolute atomic E-state index is 13.8. The molecule has 1 N–H and O–H groups in total. The van der Waals surface area contributed by atoms with Crippen LogP contribution >= 0.6 is 34.7 Å². The molecule has 0 atom stereocenters. The van der Waals surface area contributed by atoms with E-state index in [0.29, 0.717) is 10.7 Å². The van der Waals surface area contributed by atoms with Crippen LogP contribution in [0.5, 0.6) is 0 Å². The Balaban J connectivity index is 1.45. The molecule has 1 aliphatic heterocycles. The molecule has 27 heavy (non-hydrogen) atoms. The van der Waals surface area contributed by atoms with Gasteiger partial charge in [0.1, 0.15) is 21.9 Å². The molecule has 10 heteroatoms. The predicted octanol–water partition coefficient (Wildman–Crippen LogP) is 4.21. The molecule has 0 spiro atoms. The van der Waals surface area contributed by atoms with E-state index in [9.17, 15) is 9.18 Å². The number of amides is 1. The maximum atomic E-state index is 13.8. The van der Waals surface area contributed by atoms with Crippen LogP contribution in [-0.4, -0.2) is 39.7 Å². The number of thioether (sulfide) groups is 1. The van der Waals surface area contributed by atoms with Crippen molar-refractivity contribution >= 4 is 61.8 Å². The van der Waals surface area contributed by atoms with Crippen LogP contribution in [0.25, 0.3) is 10.3 Å². The lowest BCUT2D eigenvalue weighted by Gasteiger charge is -2.11. The van der Waals surface area contributed by atoms with Gasteiger partial charge in [0.2, 0.25) is 5.91 Å². The standard InChI is InChI=1S/C17H15ClFN5OS2/c18-10-3-4-12(11(19)7-10)22-13(25)8-26-16-14-15(20-9-21-16)23-17(27-14)24-5-1-2-6-24/h3-4,7,9H,1-2,5-6,8H2,(H,22,25). The molecular weight excluding hydrogens is 409 g/mol. The number of carbonyl (C=O) groups excluding carboxylic acids is 1. The summed E-state index contributed by atoms with van der Waals surface area (Å²) in [7, 11) is 0. The van der Waals surface area contributed by atoms with Crippen LogP contribution in [-0.2, 0) is 4.79 Å². The van der Waals surface area contributed by atoms with Gasteiger partial charge in [0.05, 0.1) is 11.4 Å². The lowest BCUT2D eigenvalue weighted by Crippen LogP contribution is -2.16. The summed E-state index contributed by atoms with van der Waals surface area (Å²) in [6.07, 6.45) is 3.80. The third kappa shape index (κ3) is 4.15. The number of thiazole rings is 1. The molecule has 0 unspecified atom stereocenters. The number of carbonyl (C=O) groups is 1. The summed E-state index contributed by atoms with van der Waals surface area (Å²) in [6, 6.07) is 4.13. The highest BCUT2D eigenvalue weighted by atomic mass is 35.5. The fourth-order valence-corrected chi connectivity index (χ4v) is 4.88. The second-order valence-electron chi connectivity index (χ2n) is 5.98. The lowest BCUT2D eigenvalue weighted by atomic mass is 10.3. The zero-order valence-electron chi connectivity index (χ0n) is 14.1. The van der Waals surface area contributed by atoms with E-state index in [1.54, 1.807) is 11.3 Å². The molecule has 6 nitrogen and oxygen atoms in total. The first kappa shape index (κ1) is 18.4. The molecule has 3 heterocycles. The summed E-state index contributed by atoms with van der Waals surface area (Å²) in [5, 5.41) is 4.47. The Morgan fingerprint density at radius 2 is 2.15 bits per heavy atom. The number of nitrogens with one attached hydrogen (secondary N) is 1. The van der Waals surface area contributed by atoms with Gasteiger partial charge in [-0.1, -0.05) is 34.7 Å². The zero-order chi connectivity index (χ0) is 18.8. The van der Waals surface area contributed by atoms with Crippen LogP contribution in [0.15, 0.2) is 29.6 Å². The molecule has 0 radical (unpaired) electrons. The van der Waals surface area contributed by atoms with Gasteiger partial charge in [-0.2, -0.15) is 4.98 Å². The molecule has 3 aromatic rings. The number of nitrogens with zero attached hydrogens (tertiary/aromatic N) is 4. The minimum atomic E-state index is -0.567. The van der Waals surface area contributed by atoms with Gasteiger partial charge in [-0.3, -0.25) is 4.79 Å². The second-order valence-corrected chi connectivity index (χ2v) is 8.36. The number of anilines is 2. The third-order valence-corrected chi connectivity index (χ3v) is 6.53. The summed E-state index contributed by atoms with van der Waals surface area (Å²) >= 11 is 8.55. The van der Waals surface area contributed by atoms with Crippen molar-refractivity contribution in [2.75, 3.05) is 29.1 Å². The molecule has 2 aromatic heterocycles. The predicted molar refractivity (Wildman–Crippen MR) is 107 cm³/mol. The topological polar surface area (TPSA) is 71.0 Å². The Morgan fingerprint density at radius 3 is 2.93 bits per heavy atom. The van der Waals surface area contributed by atoms with Gasteiger partial charge in [-0.15, -0.1) is 0 Å². The summed E-state index contributed by atoms with van der Waals surface area (Å²) in [5.41, 5.74) is 0.746. The molecule has 0 saturated carbocycles. The van der Waals surface area contributed by atoms with Crippen LogP contribution in [0, 0.1) is 5.82 Å². The van der Waals surface area contributed by atoms with E-state index in [1.165, 1.54) is 43.1 Å². The van der Waals surface area contributed by atoms with Crippen LogP contribution in [0.3, 0.4) is 0 Å². The molecule has 4 rings (SSSR count). The summed E-state index contributed by atoms with van der Waals surface area (Å²) < 4.78 is 14.7. The highest BCUT2D eigenvalue weighted by Gasteiger charge is 2.19. The number of aromatic nitrogens is 3. The Bertz CT molecular complexity index is 993. The molecular formula is C17H15ClFN5OS2. The second kappa shape index (κ2) is 7.95. The largest absolute Gasteiger partial charge is 0.348 e. The van der Waals surface area contributed by atoms with Crippen LogP contribution < -0.4 is 10.2 Å². The SMILES string of the molecule is O=C(CSc1ncnc2nc(N3CCCC3)sc12)Nc1ccc(Cl)cc1F. The van der Waals surface area contributed by atoms with E-state index in [0.717, 1.165) is 29.0 Å². The quantitative estimate of drug-likeness (QED) is 0.489. The molecule has 1 amide bonds. The highest BCUT2D eigenvalue weighted by Crippen LogP contribution is 2.34. The van der Waals surface area contributed by atoms with Gasteiger partial charge in [0, 0.05) is 18.1 Å². The van der Waals surface area contributed by atoms with Crippen molar-refractivity contribution in [3.05, 3.63) is 35.4 Å². The van der Waals surface area contributed by atoms with E-state index in [-0.39, 0.29) is 22.4 Å². The summed E-state index contributed by atoms with van der Waals surface area (Å²) in [6.45, 7) is 2.01. The number of fused-ring (bicyclic) bond motifs is 1. The van der Waals surface area contributed by atoms with Gasteiger partial charge in [0.15, 0.2) is 10.8 Å². The van der Waals surface area contributed by atoms with E-state index >= 15 is 0 Å².